The fourth-order valence-electron chi connectivity index (χ4n) is 2.15. The molecule has 136 valence electrons. The van der Waals surface area contributed by atoms with Gasteiger partial charge in [0.2, 0.25) is 0 Å². The maximum atomic E-state index is 12.0. The number of methoxy groups -OCH3 is 2. The number of nitrogens with one attached hydrogen (secondary N) is 1. The summed E-state index contributed by atoms with van der Waals surface area (Å²) < 4.78 is 15.7. The van der Waals surface area contributed by atoms with Crippen LogP contribution in [0.4, 0.5) is 4.79 Å². The Balaban J connectivity index is 2.05. The van der Waals surface area contributed by atoms with Crippen LogP contribution < -0.4 is 25.3 Å². The number of esters is 1. The number of primary amides is 1. The van der Waals surface area contributed by atoms with Crippen molar-refractivity contribution >= 4 is 18.1 Å². The molecule has 7 heteroatoms. The van der Waals surface area contributed by atoms with Gasteiger partial charge < -0.3 is 25.3 Å². The fraction of sp³-hybridized carbons (Fsp3) is 0.158. The Labute approximate surface area is 151 Å². The highest BCUT2D eigenvalue weighted by Gasteiger charge is 2.09. The highest BCUT2D eigenvalue weighted by Crippen LogP contribution is 2.28. The molecule has 0 aliphatic carbocycles. The van der Waals surface area contributed by atoms with Gasteiger partial charge in [-0.3, -0.25) is 0 Å². The molecule has 0 unspecified atom stereocenters. The van der Waals surface area contributed by atoms with Crippen LogP contribution in [-0.4, -0.2) is 26.2 Å². The summed E-state index contributed by atoms with van der Waals surface area (Å²) in [4.78, 5) is 22.8. The fourth-order valence-corrected chi connectivity index (χ4v) is 2.15. The van der Waals surface area contributed by atoms with Crippen molar-refractivity contribution in [3.05, 3.63) is 59.7 Å². The molecular weight excluding hydrogens is 336 g/mol. The Morgan fingerprint density at radius 3 is 2.58 bits per heavy atom. The monoisotopic (exact) mass is 356 g/mol. The van der Waals surface area contributed by atoms with Crippen LogP contribution in [0.2, 0.25) is 0 Å². The molecule has 2 aromatic rings. The number of hydrogen-bond acceptors (Lipinski definition) is 5. The molecule has 3 N–H and O–H groups in total. The number of urea groups is 1. The van der Waals surface area contributed by atoms with Gasteiger partial charge in [0.25, 0.3) is 0 Å². The summed E-state index contributed by atoms with van der Waals surface area (Å²) in [5.41, 5.74) is 6.60. The molecule has 2 aromatic carbocycles. The minimum Gasteiger partial charge on any atom is -0.497 e. The Kier molecular flexibility index (Phi) is 6.61. The van der Waals surface area contributed by atoms with Crippen molar-refractivity contribution in [3.8, 4) is 17.2 Å². The van der Waals surface area contributed by atoms with Gasteiger partial charge in [0.05, 0.1) is 14.2 Å². The molecule has 0 fully saturated rings. The third-order valence-electron chi connectivity index (χ3n) is 3.41. The Hall–Kier alpha value is -3.48. The average molecular weight is 356 g/mol. The first kappa shape index (κ1) is 18.9. The van der Waals surface area contributed by atoms with Crippen LogP contribution in [0.15, 0.2) is 48.5 Å². The van der Waals surface area contributed by atoms with Crippen molar-refractivity contribution in [2.24, 2.45) is 5.73 Å². The normalized spacial score (nSPS) is 10.4. The molecule has 0 aliphatic heterocycles. The number of carbonyl (C=O) groups is 2. The Morgan fingerprint density at radius 2 is 1.88 bits per heavy atom. The molecule has 0 saturated carbocycles. The molecule has 0 aromatic heterocycles. The van der Waals surface area contributed by atoms with E-state index >= 15 is 0 Å². The molecule has 0 aliphatic rings. The maximum Gasteiger partial charge on any atom is 0.336 e. The van der Waals surface area contributed by atoms with E-state index in [4.69, 9.17) is 19.9 Å². The Morgan fingerprint density at radius 1 is 1.08 bits per heavy atom. The van der Waals surface area contributed by atoms with Gasteiger partial charge in [0.1, 0.15) is 5.75 Å². The first-order valence-electron chi connectivity index (χ1n) is 7.76. The summed E-state index contributed by atoms with van der Waals surface area (Å²) in [5, 5.41) is 2.48. The SMILES string of the molecule is COc1cccc(/C=C/C(=O)Oc2ccc(CNC(N)=O)cc2OC)c1. The van der Waals surface area contributed by atoms with Crippen LogP contribution in [-0.2, 0) is 11.3 Å². The van der Waals surface area contributed by atoms with E-state index in [-0.39, 0.29) is 12.3 Å². The van der Waals surface area contributed by atoms with Gasteiger partial charge in [-0.1, -0.05) is 18.2 Å². The zero-order valence-corrected chi connectivity index (χ0v) is 14.5. The van der Waals surface area contributed by atoms with Crippen molar-refractivity contribution in [1.82, 2.24) is 5.32 Å². The van der Waals surface area contributed by atoms with E-state index in [1.54, 1.807) is 37.5 Å². The third-order valence-corrected chi connectivity index (χ3v) is 3.41. The van der Waals surface area contributed by atoms with Crippen LogP contribution >= 0.6 is 0 Å². The van der Waals surface area contributed by atoms with Crippen molar-refractivity contribution in [3.63, 3.8) is 0 Å². The number of hydrogen-bond donors (Lipinski definition) is 2. The lowest BCUT2D eigenvalue weighted by Crippen LogP contribution is -2.28. The molecule has 7 nitrogen and oxygen atoms in total. The van der Waals surface area contributed by atoms with Crippen molar-refractivity contribution in [2.45, 2.75) is 6.54 Å². The van der Waals surface area contributed by atoms with E-state index < -0.39 is 12.0 Å². The van der Waals surface area contributed by atoms with Gasteiger partial charge >= 0.3 is 12.0 Å². The zero-order chi connectivity index (χ0) is 18.9. The summed E-state index contributed by atoms with van der Waals surface area (Å²) in [7, 11) is 3.04. The molecule has 0 saturated heterocycles. The highest BCUT2D eigenvalue weighted by molar-refractivity contribution is 5.89. The molecular formula is C19H20N2O5. The minimum absolute atomic E-state index is 0.246. The summed E-state index contributed by atoms with van der Waals surface area (Å²) in [6.45, 7) is 0.246. The van der Waals surface area contributed by atoms with Gasteiger partial charge in [0.15, 0.2) is 11.5 Å². The van der Waals surface area contributed by atoms with Crippen LogP contribution in [0.3, 0.4) is 0 Å². The number of ether oxygens (including phenoxy) is 3. The molecule has 0 spiro atoms. The smallest absolute Gasteiger partial charge is 0.336 e. The first-order valence-corrected chi connectivity index (χ1v) is 7.76. The van der Waals surface area contributed by atoms with Crippen LogP contribution in [0.5, 0.6) is 17.2 Å². The summed E-state index contributed by atoms with van der Waals surface area (Å²) in [5.74, 6) is 0.795. The minimum atomic E-state index is -0.623. The van der Waals surface area contributed by atoms with Gasteiger partial charge in [0, 0.05) is 12.6 Å². The Bertz CT molecular complexity index is 817. The molecule has 0 radical (unpaired) electrons. The van der Waals surface area contributed by atoms with E-state index in [1.807, 2.05) is 18.2 Å². The topological polar surface area (TPSA) is 99.9 Å². The quantitative estimate of drug-likeness (QED) is 0.451. The van der Waals surface area contributed by atoms with E-state index in [2.05, 4.69) is 5.32 Å². The van der Waals surface area contributed by atoms with Crippen molar-refractivity contribution in [1.29, 1.82) is 0 Å². The molecule has 0 heterocycles. The highest BCUT2D eigenvalue weighted by atomic mass is 16.6. The van der Waals surface area contributed by atoms with E-state index in [1.165, 1.54) is 13.2 Å². The zero-order valence-electron chi connectivity index (χ0n) is 14.5. The lowest BCUT2D eigenvalue weighted by molar-refractivity contribution is -0.129. The average Bonchev–Trinajstić information content (AvgIpc) is 2.65. The molecule has 26 heavy (non-hydrogen) atoms. The van der Waals surface area contributed by atoms with Crippen LogP contribution in [0.25, 0.3) is 6.08 Å². The number of carbonyl (C=O) groups excluding carboxylic acids is 2. The summed E-state index contributed by atoms with van der Waals surface area (Å²) >= 11 is 0. The summed E-state index contributed by atoms with van der Waals surface area (Å²) in [6.07, 6.45) is 2.94. The second kappa shape index (κ2) is 9.12. The van der Waals surface area contributed by atoms with Crippen LogP contribution in [0.1, 0.15) is 11.1 Å². The number of nitrogens with two attached hydrogens (primary N) is 1. The van der Waals surface area contributed by atoms with Crippen LogP contribution in [0, 0.1) is 0 Å². The third kappa shape index (κ3) is 5.55. The lowest BCUT2D eigenvalue weighted by Gasteiger charge is -2.10. The predicted octanol–water partition coefficient (Wildman–Crippen LogP) is 2.49. The largest absolute Gasteiger partial charge is 0.497 e. The first-order chi connectivity index (χ1) is 12.5. The molecule has 2 rings (SSSR count). The predicted molar refractivity (Wildman–Crippen MR) is 97.1 cm³/mol. The standard InChI is InChI=1S/C19H20N2O5/c1-24-15-5-3-4-13(10-15)7-9-18(22)26-16-8-6-14(11-17(16)25-2)12-21-19(20)23/h3-11H,12H2,1-2H3,(H3,20,21,23)/b9-7+. The maximum absolute atomic E-state index is 12.0. The number of amides is 2. The van der Waals surface area contributed by atoms with Gasteiger partial charge in [-0.25, -0.2) is 9.59 Å². The van der Waals surface area contributed by atoms with E-state index in [0.29, 0.717) is 11.5 Å². The summed E-state index contributed by atoms with van der Waals surface area (Å²) in [6, 6.07) is 11.6. The van der Waals surface area contributed by atoms with Gasteiger partial charge in [-0.15, -0.1) is 0 Å². The second-order valence-corrected chi connectivity index (χ2v) is 5.23. The van der Waals surface area contributed by atoms with E-state index in [0.717, 1.165) is 11.1 Å². The molecule has 0 atom stereocenters. The van der Waals surface area contributed by atoms with Crippen molar-refractivity contribution < 1.29 is 23.8 Å². The van der Waals surface area contributed by atoms with Crippen molar-refractivity contribution in [2.75, 3.05) is 14.2 Å². The number of benzene rings is 2. The number of rotatable bonds is 7. The molecule has 0 bridgehead atoms. The van der Waals surface area contributed by atoms with Gasteiger partial charge in [-0.2, -0.15) is 0 Å². The lowest BCUT2D eigenvalue weighted by atomic mass is 10.2. The van der Waals surface area contributed by atoms with Gasteiger partial charge in [-0.05, 0) is 41.5 Å². The second-order valence-electron chi connectivity index (χ2n) is 5.23. The molecule has 2 amide bonds. The van der Waals surface area contributed by atoms with E-state index in [9.17, 15) is 9.59 Å².